The van der Waals surface area contributed by atoms with Crippen molar-refractivity contribution in [2.45, 2.75) is 6.42 Å². The molecule has 3 aliphatic rings. The van der Waals surface area contributed by atoms with E-state index < -0.39 is 12.6 Å². The second kappa shape index (κ2) is 7.75. The lowest BCUT2D eigenvalue weighted by Crippen LogP contribution is -2.34. The number of hydrogen-bond acceptors (Lipinski definition) is 6. The lowest BCUT2D eigenvalue weighted by molar-refractivity contribution is -0.123. The zero-order chi connectivity index (χ0) is 22.4. The third-order valence-corrected chi connectivity index (χ3v) is 6.58. The van der Waals surface area contributed by atoms with Crippen LogP contribution in [-0.4, -0.2) is 37.3 Å². The molecule has 162 valence electrons. The number of fused-ring (bicyclic) bond motifs is 5. The van der Waals surface area contributed by atoms with Gasteiger partial charge in [-0.2, -0.15) is 0 Å². The first kappa shape index (κ1) is 20.2. The summed E-state index contributed by atoms with van der Waals surface area (Å²) in [4.78, 5) is 52.6. The SMILES string of the molecule is COc1ccc(C(=O)COC(=O)c2ccccc2N2C(=O)[C@H]3[C@H](C2=O)[C@H]2C=C[C@H]3C2)cc1. The summed E-state index contributed by atoms with van der Waals surface area (Å²) in [6.07, 6.45) is 4.87. The maximum atomic E-state index is 13.1. The van der Waals surface area contributed by atoms with E-state index in [0.717, 1.165) is 11.3 Å². The number of rotatable bonds is 6. The van der Waals surface area contributed by atoms with Crippen molar-refractivity contribution in [3.8, 4) is 5.75 Å². The Balaban J connectivity index is 1.33. The predicted molar refractivity (Wildman–Crippen MR) is 114 cm³/mol. The molecule has 2 fully saturated rings. The number of amides is 2. The van der Waals surface area contributed by atoms with E-state index in [1.165, 1.54) is 13.2 Å². The number of allylic oxidation sites excluding steroid dienone is 2. The molecule has 2 aromatic carbocycles. The van der Waals surface area contributed by atoms with Crippen molar-refractivity contribution in [2.75, 3.05) is 18.6 Å². The van der Waals surface area contributed by atoms with Crippen LogP contribution in [-0.2, 0) is 14.3 Å². The van der Waals surface area contributed by atoms with Crippen molar-refractivity contribution >= 4 is 29.3 Å². The summed E-state index contributed by atoms with van der Waals surface area (Å²) in [7, 11) is 1.53. The van der Waals surface area contributed by atoms with Gasteiger partial charge in [0.25, 0.3) is 0 Å². The molecule has 2 amide bonds. The van der Waals surface area contributed by atoms with Gasteiger partial charge < -0.3 is 9.47 Å². The number of carbonyl (C=O) groups excluding carboxylic acids is 4. The number of hydrogen-bond donors (Lipinski definition) is 0. The summed E-state index contributed by atoms with van der Waals surface area (Å²) in [6.45, 7) is -0.458. The topological polar surface area (TPSA) is 90.0 Å². The van der Waals surface area contributed by atoms with Gasteiger partial charge in [-0.3, -0.25) is 14.4 Å². The molecule has 1 aliphatic heterocycles. The fourth-order valence-electron chi connectivity index (χ4n) is 5.05. The normalized spacial score (nSPS) is 25.2. The van der Waals surface area contributed by atoms with Gasteiger partial charge in [-0.05, 0) is 54.7 Å². The number of ether oxygens (including phenoxy) is 2. The van der Waals surface area contributed by atoms with Crippen LogP contribution >= 0.6 is 0 Å². The lowest BCUT2D eigenvalue weighted by atomic mass is 9.85. The second-order valence-electron chi connectivity index (χ2n) is 8.26. The molecule has 5 rings (SSSR count). The molecule has 0 radical (unpaired) electrons. The fraction of sp³-hybridized carbons (Fsp3) is 0.280. The number of benzene rings is 2. The Hall–Kier alpha value is -3.74. The van der Waals surface area contributed by atoms with Crippen LogP contribution in [0.25, 0.3) is 0 Å². The number of carbonyl (C=O) groups is 4. The molecule has 0 unspecified atom stereocenters. The standard InChI is InChI=1S/C25H21NO6/c1-31-17-10-8-14(9-11-17)20(27)13-32-25(30)18-4-2-3-5-19(18)26-23(28)21-15-6-7-16(12-15)22(21)24(26)29/h2-11,15-16,21-22H,12-13H2,1H3/t15-,16-,21+,22+/m0/s1. The highest BCUT2D eigenvalue weighted by atomic mass is 16.5. The van der Waals surface area contributed by atoms with Crippen LogP contribution in [0.2, 0.25) is 0 Å². The van der Waals surface area contributed by atoms with Gasteiger partial charge in [0.1, 0.15) is 5.75 Å². The lowest BCUT2D eigenvalue weighted by Gasteiger charge is -2.19. The number of ketones is 1. The molecule has 0 aromatic heterocycles. The van der Waals surface area contributed by atoms with Crippen LogP contribution in [0.15, 0.2) is 60.7 Å². The molecule has 7 heteroatoms. The highest BCUT2D eigenvalue weighted by Crippen LogP contribution is 2.53. The highest BCUT2D eigenvalue weighted by molar-refractivity contribution is 6.24. The summed E-state index contributed by atoms with van der Waals surface area (Å²) in [5, 5.41) is 0. The van der Waals surface area contributed by atoms with Gasteiger partial charge in [0.2, 0.25) is 11.8 Å². The molecular formula is C25H21NO6. The predicted octanol–water partition coefficient (Wildman–Crippen LogP) is 3.05. The first-order valence-corrected chi connectivity index (χ1v) is 10.5. The van der Waals surface area contributed by atoms with Gasteiger partial charge in [-0.15, -0.1) is 0 Å². The monoisotopic (exact) mass is 431 g/mol. The van der Waals surface area contributed by atoms with Gasteiger partial charge in [0, 0.05) is 5.56 Å². The summed E-state index contributed by atoms with van der Waals surface area (Å²) < 4.78 is 10.3. The molecule has 32 heavy (non-hydrogen) atoms. The molecule has 4 atom stereocenters. The average Bonchev–Trinajstić information content (AvgIpc) is 3.51. The number of anilines is 1. The van der Waals surface area contributed by atoms with E-state index in [9.17, 15) is 19.2 Å². The van der Waals surface area contributed by atoms with E-state index in [2.05, 4.69) is 0 Å². The largest absolute Gasteiger partial charge is 0.497 e. The molecule has 1 saturated carbocycles. The Bertz CT molecular complexity index is 1120. The first-order valence-electron chi connectivity index (χ1n) is 10.5. The van der Waals surface area contributed by atoms with Gasteiger partial charge >= 0.3 is 5.97 Å². The molecule has 0 N–H and O–H groups in total. The molecule has 7 nitrogen and oxygen atoms in total. The summed E-state index contributed by atoms with van der Waals surface area (Å²) in [6, 6.07) is 12.8. The quantitative estimate of drug-likeness (QED) is 0.302. The van der Waals surface area contributed by atoms with E-state index in [4.69, 9.17) is 9.47 Å². The molecule has 2 aliphatic carbocycles. The summed E-state index contributed by atoms with van der Waals surface area (Å²) >= 11 is 0. The minimum Gasteiger partial charge on any atom is -0.497 e. The third-order valence-electron chi connectivity index (χ3n) is 6.58. The van der Waals surface area contributed by atoms with Crippen molar-refractivity contribution in [1.82, 2.24) is 0 Å². The van der Waals surface area contributed by atoms with Crippen molar-refractivity contribution in [3.63, 3.8) is 0 Å². The van der Waals surface area contributed by atoms with Crippen molar-refractivity contribution in [1.29, 1.82) is 0 Å². The number of para-hydroxylation sites is 1. The van der Waals surface area contributed by atoms with Gasteiger partial charge in [-0.25, -0.2) is 9.69 Å². The number of esters is 1. The maximum absolute atomic E-state index is 13.1. The molecular weight excluding hydrogens is 410 g/mol. The van der Waals surface area contributed by atoms with Gasteiger partial charge in [-0.1, -0.05) is 24.3 Å². The van der Waals surface area contributed by atoms with Crippen LogP contribution < -0.4 is 9.64 Å². The number of imide groups is 1. The van der Waals surface area contributed by atoms with E-state index in [1.807, 2.05) is 12.2 Å². The Kier molecular flexibility index (Phi) is 4.89. The minimum absolute atomic E-state index is 0.0766. The van der Waals surface area contributed by atoms with Crippen molar-refractivity contribution < 1.29 is 28.7 Å². The number of methoxy groups -OCH3 is 1. The maximum Gasteiger partial charge on any atom is 0.340 e. The van der Waals surface area contributed by atoms with Gasteiger partial charge in [0.05, 0.1) is 30.2 Å². The van der Waals surface area contributed by atoms with E-state index in [1.54, 1.807) is 42.5 Å². The molecule has 1 saturated heterocycles. The number of nitrogens with zero attached hydrogens (tertiary/aromatic N) is 1. The molecule has 2 bridgehead atoms. The van der Waals surface area contributed by atoms with Crippen molar-refractivity contribution in [2.24, 2.45) is 23.7 Å². The minimum atomic E-state index is -0.763. The smallest absolute Gasteiger partial charge is 0.340 e. The van der Waals surface area contributed by atoms with E-state index >= 15 is 0 Å². The van der Waals surface area contributed by atoms with Crippen LogP contribution in [0, 0.1) is 23.7 Å². The van der Waals surface area contributed by atoms with E-state index in [-0.39, 0.29) is 52.5 Å². The Labute approximate surface area is 184 Å². The van der Waals surface area contributed by atoms with Crippen LogP contribution in [0.1, 0.15) is 27.1 Å². The third kappa shape index (κ3) is 3.12. The zero-order valence-corrected chi connectivity index (χ0v) is 17.4. The molecule has 2 aromatic rings. The highest BCUT2D eigenvalue weighted by Gasteiger charge is 2.59. The molecule has 0 spiro atoms. The Morgan fingerprint density at radius 2 is 1.56 bits per heavy atom. The second-order valence-corrected chi connectivity index (χ2v) is 8.26. The summed E-state index contributed by atoms with van der Waals surface area (Å²) in [5.41, 5.74) is 0.669. The Morgan fingerprint density at radius 3 is 2.19 bits per heavy atom. The zero-order valence-electron chi connectivity index (χ0n) is 17.4. The molecule has 1 heterocycles. The first-order chi connectivity index (χ1) is 15.5. The van der Waals surface area contributed by atoms with Gasteiger partial charge in [0.15, 0.2) is 12.4 Å². The van der Waals surface area contributed by atoms with Crippen LogP contribution in [0.4, 0.5) is 5.69 Å². The van der Waals surface area contributed by atoms with Crippen LogP contribution in [0.5, 0.6) is 5.75 Å². The fourth-order valence-corrected chi connectivity index (χ4v) is 5.05. The number of Topliss-reactive ketones (excluding diaryl/α,β-unsaturated/α-hetero) is 1. The average molecular weight is 431 g/mol. The Morgan fingerprint density at radius 1 is 0.938 bits per heavy atom. The summed E-state index contributed by atoms with van der Waals surface area (Å²) in [5.74, 6) is -1.64. The van der Waals surface area contributed by atoms with Crippen molar-refractivity contribution in [3.05, 3.63) is 71.8 Å². The van der Waals surface area contributed by atoms with E-state index in [0.29, 0.717) is 11.3 Å². The van der Waals surface area contributed by atoms with Crippen LogP contribution in [0.3, 0.4) is 0 Å².